The van der Waals surface area contributed by atoms with E-state index in [1.807, 2.05) is 6.07 Å². The van der Waals surface area contributed by atoms with Crippen molar-refractivity contribution in [3.05, 3.63) is 65.2 Å². The molecule has 8 heteroatoms. The summed E-state index contributed by atoms with van der Waals surface area (Å²) in [5.74, 6) is -0.628. The van der Waals surface area contributed by atoms with E-state index in [0.717, 1.165) is 5.56 Å². The molecule has 0 aromatic heterocycles. The molecule has 0 aliphatic rings. The van der Waals surface area contributed by atoms with E-state index in [4.69, 9.17) is 0 Å². The summed E-state index contributed by atoms with van der Waals surface area (Å²) in [6.07, 6.45) is -4.39. The first-order valence-electron chi connectivity index (χ1n) is 8.13. The van der Waals surface area contributed by atoms with E-state index in [-0.39, 0.29) is 30.7 Å². The van der Waals surface area contributed by atoms with E-state index < -0.39 is 12.8 Å². The van der Waals surface area contributed by atoms with Crippen LogP contribution in [0.4, 0.5) is 13.2 Å². The summed E-state index contributed by atoms with van der Waals surface area (Å²) in [7, 11) is 0. The molecule has 2 amide bonds. The quantitative estimate of drug-likeness (QED) is 0.776. The van der Waals surface area contributed by atoms with Crippen molar-refractivity contribution in [1.82, 2.24) is 10.6 Å². The van der Waals surface area contributed by atoms with Crippen LogP contribution in [0.2, 0.25) is 0 Å². The van der Waals surface area contributed by atoms with Gasteiger partial charge in [-0.05, 0) is 36.2 Å². The molecule has 0 bridgehead atoms. The van der Waals surface area contributed by atoms with E-state index in [0.29, 0.717) is 11.1 Å². The highest BCUT2D eigenvalue weighted by Crippen LogP contribution is 2.18. The van der Waals surface area contributed by atoms with Crippen LogP contribution in [0.1, 0.15) is 21.5 Å². The molecule has 0 atom stereocenters. The van der Waals surface area contributed by atoms with Crippen molar-refractivity contribution in [3.8, 4) is 5.75 Å². The number of ether oxygens (including phenoxy) is 1. The number of rotatable bonds is 7. The number of hydrogen-bond donors (Lipinski definition) is 2. The topological polar surface area (TPSA) is 67.4 Å². The number of nitrogens with one attached hydrogen (secondary N) is 2. The lowest BCUT2D eigenvalue weighted by Crippen LogP contribution is -2.36. The Labute approximate surface area is 154 Å². The van der Waals surface area contributed by atoms with Gasteiger partial charge in [0.15, 0.2) is 6.61 Å². The molecule has 0 heterocycles. The predicted octanol–water partition coefficient (Wildman–Crippen LogP) is 2.98. The minimum absolute atomic E-state index is 0.0906. The standard InChI is InChI=1S/C19H19F3N2O3/c1-13-4-2-3-5-16(13)18(26)24-11-17(25)23-10-14-6-8-15(9-7-14)27-12-19(20,21)22/h2-9H,10-12H2,1H3,(H,23,25)(H,24,26). The lowest BCUT2D eigenvalue weighted by Gasteiger charge is -2.10. The van der Waals surface area contributed by atoms with Crippen LogP contribution < -0.4 is 15.4 Å². The van der Waals surface area contributed by atoms with E-state index in [9.17, 15) is 22.8 Å². The van der Waals surface area contributed by atoms with Gasteiger partial charge in [-0.3, -0.25) is 9.59 Å². The monoisotopic (exact) mass is 380 g/mol. The molecule has 5 nitrogen and oxygen atoms in total. The second-order valence-corrected chi connectivity index (χ2v) is 5.82. The summed E-state index contributed by atoms with van der Waals surface area (Å²) in [6.45, 7) is 0.444. The molecular weight excluding hydrogens is 361 g/mol. The highest BCUT2D eigenvalue weighted by atomic mass is 19.4. The third-order valence-electron chi connectivity index (χ3n) is 3.61. The zero-order valence-corrected chi connectivity index (χ0v) is 14.6. The minimum atomic E-state index is -4.39. The Balaban J connectivity index is 1.75. The average molecular weight is 380 g/mol. The molecule has 2 aromatic rings. The van der Waals surface area contributed by atoms with Gasteiger partial charge < -0.3 is 15.4 Å². The summed E-state index contributed by atoms with van der Waals surface area (Å²) in [4.78, 5) is 23.9. The van der Waals surface area contributed by atoms with Crippen LogP contribution in [-0.4, -0.2) is 31.1 Å². The number of carbonyl (C=O) groups excluding carboxylic acids is 2. The molecule has 2 aromatic carbocycles. The van der Waals surface area contributed by atoms with Crippen LogP contribution in [0.3, 0.4) is 0 Å². The number of carbonyl (C=O) groups is 2. The summed E-state index contributed by atoms with van der Waals surface area (Å²) in [5, 5.41) is 5.16. The molecule has 0 spiro atoms. The second-order valence-electron chi connectivity index (χ2n) is 5.82. The maximum Gasteiger partial charge on any atom is 0.422 e. The zero-order chi connectivity index (χ0) is 19.9. The third kappa shape index (κ3) is 7.01. The van der Waals surface area contributed by atoms with Crippen LogP contribution in [0.25, 0.3) is 0 Å². The van der Waals surface area contributed by atoms with E-state index >= 15 is 0 Å². The van der Waals surface area contributed by atoms with Crippen LogP contribution in [-0.2, 0) is 11.3 Å². The molecule has 0 fully saturated rings. The maximum absolute atomic E-state index is 12.1. The zero-order valence-electron chi connectivity index (χ0n) is 14.6. The maximum atomic E-state index is 12.1. The Morgan fingerprint density at radius 1 is 1.00 bits per heavy atom. The van der Waals surface area contributed by atoms with Crippen molar-refractivity contribution in [2.75, 3.05) is 13.2 Å². The fourth-order valence-corrected chi connectivity index (χ4v) is 2.22. The largest absolute Gasteiger partial charge is 0.484 e. The number of hydrogen-bond acceptors (Lipinski definition) is 3. The van der Waals surface area contributed by atoms with Gasteiger partial charge in [0.05, 0.1) is 6.54 Å². The van der Waals surface area contributed by atoms with Gasteiger partial charge in [-0.1, -0.05) is 30.3 Å². The van der Waals surface area contributed by atoms with Gasteiger partial charge in [-0.25, -0.2) is 0 Å². The number of amides is 2. The Hall–Kier alpha value is -3.03. The van der Waals surface area contributed by atoms with Gasteiger partial charge in [0.2, 0.25) is 5.91 Å². The lowest BCUT2D eigenvalue weighted by molar-refractivity contribution is -0.153. The highest BCUT2D eigenvalue weighted by Gasteiger charge is 2.28. The smallest absolute Gasteiger partial charge is 0.422 e. The normalized spacial score (nSPS) is 11.0. The first kappa shape index (κ1) is 20.3. The van der Waals surface area contributed by atoms with Gasteiger partial charge >= 0.3 is 6.18 Å². The molecule has 0 aliphatic heterocycles. The number of halogens is 3. The number of alkyl halides is 3. The molecule has 144 valence electrons. The van der Waals surface area contributed by atoms with Crippen LogP contribution in [0.15, 0.2) is 48.5 Å². The van der Waals surface area contributed by atoms with Crippen molar-refractivity contribution in [1.29, 1.82) is 0 Å². The third-order valence-corrected chi connectivity index (χ3v) is 3.61. The van der Waals surface area contributed by atoms with Crippen LogP contribution >= 0.6 is 0 Å². The van der Waals surface area contributed by atoms with Crippen molar-refractivity contribution in [2.24, 2.45) is 0 Å². The van der Waals surface area contributed by atoms with Gasteiger partial charge in [0.1, 0.15) is 5.75 Å². The summed E-state index contributed by atoms with van der Waals surface area (Å²) in [5.41, 5.74) is 2.00. The predicted molar refractivity (Wildman–Crippen MR) is 93.4 cm³/mol. The second kappa shape index (κ2) is 9.07. The average Bonchev–Trinajstić information content (AvgIpc) is 2.63. The fraction of sp³-hybridized carbons (Fsp3) is 0.263. The minimum Gasteiger partial charge on any atom is -0.484 e. The molecule has 2 N–H and O–H groups in total. The van der Waals surface area contributed by atoms with Crippen LogP contribution in [0.5, 0.6) is 5.75 Å². The summed E-state index contributed by atoms with van der Waals surface area (Å²) < 4.78 is 40.9. The number of aryl methyl sites for hydroxylation is 1. The molecule has 0 saturated carbocycles. The van der Waals surface area contributed by atoms with Crippen molar-refractivity contribution >= 4 is 11.8 Å². The number of benzene rings is 2. The fourth-order valence-electron chi connectivity index (χ4n) is 2.22. The Morgan fingerprint density at radius 2 is 1.67 bits per heavy atom. The van der Waals surface area contributed by atoms with E-state index in [1.165, 1.54) is 12.1 Å². The molecule has 0 aliphatic carbocycles. The first-order chi connectivity index (χ1) is 12.7. The van der Waals surface area contributed by atoms with Crippen molar-refractivity contribution in [3.63, 3.8) is 0 Å². The van der Waals surface area contributed by atoms with Crippen molar-refractivity contribution in [2.45, 2.75) is 19.6 Å². The van der Waals surface area contributed by atoms with Gasteiger partial charge in [-0.15, -0.1) is 0 Å². The Morgan fingerprint density at radius 3 is 2.30 bits per heavy atom. The van der Waals surface area contributed by atoms with Crippen LogP contribution in [0, 0.1) is 6.92 Å². The Kier molecular flexibility index (Phi) is 6.81. The van der Waals surface area contributed by atoms with E-state index in [2.05, 4.69) is 15.4 Å². The molecule has 2 rings (SSSR count). The van der Waals surface area contributed by atoms with Crippen molar-refractivity contribution < 1.29 is 27.5 Å². The summed E-state index contributed by atoms with van der Waals surface area (Å²) >= 11 is 0. The molecule has 0 radical (unpaired) electrons. The molecule has 0 unspecified atom stereocenters. The Bertz CT molecular complexity index is 790. The molecular formula is C19H19F3N2O3. The first-order valence-corrected chi connectivity index (χ1v) is 8.13. The summed E-state index contributed by atoms with van der Waals surface area (Å²) in [6, 6.07) is 12.9. The van der Waals surface area contributed by atoms with Gasteiger partial charge in [0, 0.05) is 12.1 Å². The van der Waals surface area contributed by atoms with Gasteiger partial charge in [-0.2, -0.15) is 13.2 Å². The van der Waals surface area contributed by atoms with Gasteiger partial charge in [0.25, 0.3) is 5.91 Å². The van der Waals surface area contributed by atoms with E-state index in [1.54, 1.807) is 37.3 Å². The highest BCUT2D eigenvalue weighted by molar-refractivity contribution is 5.97. The molecule has 0 saturated heterocycles. The lowest BCUT2D eigenvalue weighted by atomic mass is 10.1. The SMILES string of the molecule is Cc1ccccc1C(=O)NCC(=O)NCc1ccc(OCC(F)(F)F)cc1. The molecule has 27 heavy (non-hydrogen) atoms.